The predicted molar refractivity (Wildman–Crippen MR) is 84.4 cm³/mol. The number of Topliss-reactive ketones (excluding diaryl/α,β-unsaturated/α-hetero) is 1. The van der Waals surface area contributed by atoms with Crippen molar-refractivity contribution in [2.75, 3.05) is 0 Å². The molecule has 0 radical (unpaired) electrons. The number of benzene rings is 1. The van der Waals surface area contributed by atoms with E-state index in [1.54, 1.807) is 20.8 Å². The lowest BCUT2D eigenvalue weighted by Gasteiger charge is -2.28. The molecule has 20 heavy (non-hydrogen) atoms. The Morgan fingerprint density at radius 2 is 1.60 bits per heavy atom. The van der Waals surface area contributed by atoms with Crippen molar-refractivity contribution in [1.29, 1.82) is 0 Å². The Morgan fingerprint density at radius 1 is 1.05 bits per heavy atom. The maximum atomic E-state index is 12.8. The van der Waals surface area contributed by atoms with Crippen LogP contribution in [-0.2, 0) is 0 Å². The molecule has 0 saturated carbocycles. The van der Waals surface area contributed by atoms with Crippen LogP contribution in [0, 0.1) is 5.41 Å². The van der Waals surface area contributed by atoms with Crippen LogP contribution < -0.4 is 0 Å². The van der Waals surface area contributed by atoms with E-state index in [1.807, 2.05) is 12.1 Å². The average Bonchev–Trinajstić information content (AvgIpc) is 2.36. The van der Waals surface area contributed by atoms with Crippen LogP contribution in [0.2, 0.25) is 0 Å². The molecule has 2 nitrogen and oxygen atoms in total. The molecule has 2 heteroatoms. The Morgan fingerprint density at radius 3 is 2.00 bits per heavy atom. The van der Waals surface area contributed by atoms with Gasteiger partial charge in [-0.3, -0.25) is 4.79 Å². The van der Waals surface area contributed by atoms with Crippen molar-refractivity contribution in [3.05, 3.63) is 34.9 Å². The summed E-state index contributed by atoms with van der Waals surface area (Å²) in [4.78, 5) is 12.8. The van der Waals surface area contributed by atoms with E-state index < -0.39 is 11.5 Å². The van der Waals surface area contributed by atoms with Gasteiger partial charge in [-0.05, 0) is 29.9 Å². The summed E-state index contributed by atoms with van der Waals surface area (Å²) in [6.45, 7) is 13.8. The van der Waals surface area contributed by atoms with Crippen molar-refractivity contribution in [3.63, 3.8) is 0 Å². The highest BCUT2D eigenvalue weighted by molar-refractivity contribution is 6.01. The van der Waals surface area contributed by atoms with E-state index in [0.29, 0.717) is 5.92 Å². The number of hydrogen-bond donors (Lipinski definition) is 1. The number of carbonyl (C=O) groups excluding carboxylic acids is 1. The van der Waals surface area contributed by atoms with Crippen LogP contribution in [0.4, 0.5) is 0 Å². The van der Waals surface area contributed by atoms with Crippen LogP contribution in [0.3, 0.4) is 0 Å². The number of aliphatic hydroxyl groups is 1. The number of hydrogen-bond acceptors (Lipinski definition) is 2. The lowest BCUT2D eigenvalue weighted by molar-refractivity contribution is 0.0472. The number of carbonyl (C=O) groups is 1. The molecule has 0 fully saturated rings. The highest BCUT2D eigenvalue weighted by Crippen LogP contribution is 2.32. The van der Waals surface area contributed by atoms with Crippen molar-refractivity contribution in [2.24, 2.45) is 5.41 Å². The topological polar surface area (TPSA) is 37.3 Å². The average molecular weight is 276 g/mol. The van der Waals surface area contributed by atoms with Gasteiger partial charge in [-0.25, -0.2) is 0 Å². The molecule has 0 bridgehead atoms. The third-order valence-corrected chi connectivity index (χ3v) is 4.24. The summed E-state index contributed by atoms with van der Waals surface area (Å²) in [5, 5.41) is 9.86. The summed E-state index contributed by atoms with van der Waals surface area (Å²) < 4.78 is 0. The van der Waals surface area contributed by atoms with E-state index in [0.717, 1.165) is 11.1 Å². The van der Waals surface area contributed by atoms with E-state index in [-0.39, 0.29) is 11.7 Å². The Balaban J connectivity index is 3.35. The number of ketones is 1. The smallest absolute Gasteiger partial charge is 0.171 e. The Bertz CT molecular complexity index is 482. The highest BCUT2D eigenvalue weighted by Gasteiger charge is 2.35. The van der Waals surface area contributed by atoms with Crippen LogP contribution in [0.1, 0.15) is 81.8 Å². The minimum absolute atomic E-state index is 0.0199. The first-order valence-electron chi connectivity index (χ1n) is 7.45. The van der Waals surface area contributed by atoms with Gasteiger partial charge in [0.1, 0.15) is 0 Å². The normalized spacial score (nSPS) is 13.9. The van der Waals surface area contributed by atoms with Crippen molar-refractivity contribution >= 4 is 5.78 Å². The Labute approximate surface area is 123 Å². The van der Waals surface area contributed by atoms with Gasteiger partial charge in [0, 0.05) is 5.56 Å². The second-order valence-corrected chi connectivity index (χ2v) is 6.88. The SMILES string of the molecule is CC(C)c1ccc(C(=O)C(C)(C)C(C)O)c(C(C)C)c1. The minimum Gasteiger partial charge on any atom is -0.392 e. The van der Waals surface area contributed by atoms with E-state index in [9.17, 15) is 9.90 Å². The van der Waals surface area contributed by atoms with Crippen molar-refractivity contribution in [1.82, 2.24) is 0 Å². The standard InChI is InChI=1S/C18H28O2/c1-11(2)14-8-9-15(16(10-14)12(3)4)17(20)18(6,7)13(5)19/h8-13,19H,1-7H3. The molecule has 0 aromatic heterocycles. The summed E-state index contributed by atoms with van der Waals surface area (Å²) in [6, 6.07) is 6.10. The van der Waals surface area contributed by atoms with Crippen LogP contribution in [0.25, 0.3) is 0 Å². The van der Waals surface area contributed by atoms with Crippen molar-refractivity contribution in [3.8, 4) is 0 Å². The first-order chi connectivity index (χ1) is 9.09. The Kier molecular flexibility index (Phi) is 5.15. The molecule has 0 heterocycles. The van der Waals surface area contributed by atoms with Crippen molar-refractivity contribution < 1.29 is 9.90 Å². The molecular formula is C18H28O2. The van der Waals surface area contributed by atoms with E-state index in [2.05, 4.69) is 33.8 Å². The molecule has 1 atom stereocenters. The second-order valence-electron chi connectivity index (χ2n) is 6.88. The van der Waals surface area contributed by atoms with Gasteiger partial charge in [-0.1, -0.05) is 59.7 Å². The monoisotopic (exact) mass is 276 g/mol. The molecule has 0 saturated heterocycles. The first-order valence-corrected chi connectivity index (χ1v) is 7.45. The van der Waals surface area contributed by atoms with E-state index in [1.165, 1.54) is 5.56 Å². The van der Waals surface area contributed by atoms with Crippen LogP contribution in [-0.4, -0.2) is 17.0 Å². The molecule has 0 amide bonds. The number of rotatable bonds is 5. The molecule has 0 aliphatic carbocycles. The third-order valence-electron chi connectivity index (χ3n) is 4.24. The molecular weight excluding hydrogens is 248 g/mol. The van der Waals surface area contributed by atoms with Gasteiger partial charge in [-0.15, -0.1) is 0 Å². The molecule has 1 unspecified atom stereocenters. The van der Waals surface area contributed by atoms with Crippen LogP contribution in [0.5, 0.6) is 0 Å². The second kappa shape index (κ2) is 6.09. The van der Waals surface area contributed by atoms with E-state index >= 15 is 0 Å². The zero-order chi connectivity index (χ0) is 15.7. The van der Waals surface area contributed by atoms with Crippen LogP contribution >= 0.6 is 0 Å². The van der Waals surface area contributed by atoms with Gasteiger partial charge in [0.15, 0.2) is 5.78 Å². The fourth-order valence-corrected chi connectivity index (χ4v) is 2.16. The molecule has 112 valence electrons. The number of aliphatic hydroxyl groups excluding tert-OH is 1. The largest absolute Gasteiger partial charge is 0.392 e. The highest BCUT2D eigenvalue weighted by atomic mass is 16.3. The van der Waals surface area contributed by atoms with Crippen molar-refractivity contribution in [2.45, 2.75) is 66.4 Å². The summed E-state index contributed by atoms with van der Waals surface area (Å²) in [5.74, 6) is 0.755. The summed E-state index contributed by atoms with van der Waals surface area (Å²) in [5.41, 5.74) is 2.31. The summed E-state index contributed by atoms with van der Waals surface area (Å²) in [6.07, 6.45) is -0.667. The predicted octanol–water partition coefficient (Wildman–Crippen LogP) is 4.52. The third kappa shape index (κ3) is 3.29. The van der Waals surface area contributed by atoms with Gasteiger partial charge < -0.3 is 5.11 Å². The fraction of sp³-hybridized carbons (Fsp3) is 0.611. The quantitative estimate of drug-likeness (QED) is 0.803. The molecule has 0 spiro atoms. The van der Waals surface area contributed by atoms with Gasteiger partial charge in [-0.2, -0.15) is 0 Å². The first kappa shape index (κ1) is 16.9. The lowest BCUT2D eigenvalue weighted by atomic mass is 9.77. The van der Waals surface area contributed by atoms with Gasteiger partial charge in [0.2, 0.25) is 0 Å². The lowest BCUT2D eigenvalue weighted by Crippen LogP contribution is -2.35. The molecule has 0 aliphatic heterocycles. The fourth-order valence-electron chi connectivity index (χ4n) is 2.16. The van der Waals surface area contributed by atoms with Gasteiger partial charge in [0.05, 0.1) is 11.5 Å². The zero-order valence-electron chi connectivity index (χ0n) is 13.8. The van der Waals surface area contributed by atoms with Gasteiger partial charge in [0.25, 0.3) is 0 Å². The summed E-state index contributed by atoms with van der Waals surface area (Å²) in [7, 11) is 0. The minimum atomic E-state index is -0.761. The van der Waals surface area contributed by atoms with E-state index in [4.69, 9.17) is 0 Å². The van der Waals surface area contributed by atoms with Gasteiger partial charge >= 0.3 is 0 Å². The molecule has 1 N–H and O–H groups in total. The maximum Gasteiger partial charge on any atom is 0.171 e. The summed E-state index contributed by atoms with van der Waals surface area (Å²) >= 11 is 0. The molecule has 0 aliphatic rings. The van der Waals surface area contributed by atoms with Crippen LogP contribution in [0.15, 0.2) is 18.2 Å². The Hall–Kier alpha value is -1.15. The molecule has 1 aromatic carbocycles. The zero-order valence-corrected chi connectivity index (χ0v) is 13.8. The molecule has 1 aromatic rings. The maximum absolute atomic E-state index is 12.8. The molecule has 1 rings (SSSR count).